The van der Waals surface area contributed by atoms with Gasteiger partial charge in [0.05, 0.1) is 0 Å². The zero-order valence-electron chi connectivity index (χ0n) is 7.55. The average Bonchev–Trinajstić information content (AvgIpc) is 1.83. The van der Waals surface area contributed by atoms with Crippen molar-refractivity contribution in [1.29, 1.82) is 0 Å². The SMILES string of the molecule is O=P(O)(OF)OCC(F)(F)F.[H-].[H-].[Mg+2]. The second kappa shape index (κ2) is 5.35. The van der Waals surface area contributed by atoms with Crippen molar-refractivity contribution in [1.82, 2.24) is 0 Å². The summed E-state index contributed by atoms with van der Waals surface area (Å²) in [7, 11) is -5.16. The molecule has 10 heteroatoms. The van der Waals surface area contributed by atoms with Crippen LogP contribution in [0.3, 0.4) is 0 Å². The van der Waals surface area contributed by atoms with Crippen LogP contribution in [0.1, 0.15) is 2.85 Å². The van der Waals surface area contributed by atoms with Crippen molar-refractivity contribution in [2.75, 3.05) is 6.61 Å². The van der Waals surface area contributed by atoms with Gasteiger partial charge in [-0.2, -0.15) is 13.2 Å². The first-order valence-corrected chi connectivity index (χ1v) is 3.61. The first-order chi connectivity index (χ1) is 4.77. The standard InChI is InChI=1S/C2H3F4O4P.Mg.2H/c3-2(4,5)1-9-11(7,8)10-6;;;/h1H2,(H,7,8);;;/q;+2;2*-1. The summed E-state index contributed by atoms with van der Waals surface area (Å²) in [5, 5.41) is 0. The Morgan fingerprint density at radius 2 is 1.92 bits per heavy atom. The Morgan fingerprint density at radius 1 is 1.50 bits per heavy atom. The van der Waals surface area contributed by atoms with Crippen molar-refractivity contribution >= 4 is 30.9 Å². The monoisotopic (exact) mass is 224 g/mol. The fraction of sp³-hybridized carbons (Fsp3) is 1.00. The van der Waals surface area contributed by atoms with Gasteiger partial charge < -0.3 is 7.75 Å². The van der Waals surface area contributed by atoms with Gasteiger partial charge in [0.1, 0.15) is 0 Å². The molecule has 72 valence electrons. The molecule has 0 amide bonds. The van der Waals surface area contributed by atoms with Crippen LogP contribution in [0.25, 0.3) is 0 Å². The van der Waals surface area contributed by atoms with Gasteiger partial charge in [-0.25, -0.2) is 4.57 Å². The molecule has 0 spiro atoms. The van der Waals surface area contributed by atoms with Crippen LogP contribution in [-0.4, -0.2) is 40.7 Å². The molecule has 0 aromatic carbocycles. The summed E-state index contributed by atoms with van der Waals surface area (Å²) in [6, 6.07) is 0. The van der Waals surface area contributed by atoms with Crippen LogP contribution >= 0.6 is 7.82 Å². The normalized spacial score (nSPS) is 16.4. The Kier molecular flexibility index (Phi) is 6.73. The molecule has 0 rings (SSSR count). The second-order valence-electron chi connectivity index (χ2n) is 1.43. The predicted octanol–water partition coefficient (Wildman–Crippen LogP) is 1.41. The van der Waals surface area contributed by atoms with E-state index in [1.54, 1.807) is 0 Å². The summed E-state index contributed by atoms with van der Waals surface area (Å²) in [6.07, 6.45) is -4.79. The quantitative estimate of drug-likeness (QED) is 0.447. The summed E-state index contributed by atoms with van der Waals surface area (Å²) < 4.78 is 59.6. The number of halogens is 4. The predicted molar refractivity (Wildman–Crippen MR) is 32.0 cm³/mol. The molecule has 0 aliphatic heterocycles. The van der Waals surface area contributed by atoms with E-state index in [4.69, 9.17) is 4.89 Å². The van der Waals surface area contributed by atoms with Crippen molar-refractivity contribution in [3.8, 4) is 0 Å². The second-order valence-corrected chi connectivity index (χ2v) is 2.76. The summed E-state index contributed by atoms with van der Waals surface area (Å²) in [5.41, 5.74) is 0. The number of alkyl halides is 3. The maximum Gasteiger partial charge on any atom is 2.00 e. The Hall–Kier alpha value is 0.596. The maximum absolute atomic E-state index is 11.2. The minimum atomic E-state index is -5.16. The van der Waals surface area contributed by atoms with Crippen molar-refractivity contribution in [2.24, 2.45) is 0 Å². The van der Waals surface area contributed by atoms with E-state index in [0.717, 1.165) is 0 Å². The molecule has 0 radical (unpaired) electrons. The van der Waals surface area contributed by atoms with Crippen molar-refractivity contribution in [2.45, 2.75) is 6.18 Å². The molecule has 0 heterocycles. The Bertz CT molecular complexity index is 179. The zero-order valence-corrected chi connectivity index (χ0v) is 7.85. The molecule has 0 fully saturated rings. The Balaban J connectivity index is -0.000000167. The van der Waals surface area contributed by atoms with E-state index in [2.05, 4.69) is 9.25 Å². The van der Waals surface area contributed by atoms with Crippen LogP contribution in [0, 0.1) is 0 Å². The smallest absolute Gasteiger partial charge is 1.00 e. The van der Waals surface area contributed by atoms with Crippen LogP contribution in [0.5, 0.6) is 0 Å². The van der Waals surface area contributed by atoms with Gasteiger partial charge >= 0.3 is 37.1 Å². The van der Waals surface area contributed by atoms with E-state index in [9.17, 15) is 22.3 Å². The third kappa shape index (κ3) is 8.69. The first kappa shape index (κ1) is 15.1. The van der Waals surface area contributed by atoms with E-state index in [0.29, 0.717) is 0 Å². The van der Waals surface area contributed by atoms with Crippen LogP contribution in [-0.2, 0) is 13.8 Å². The van der Waals surface area contributed by atoms with Crippen molar-refractivity contribution < 1.29 is 39.3 Å². The molecule has 0 saturated carbocycles. The van der Waals surface area contributed by atoms with Crippen LogP contribution in [0.2, 0.25) is 0 Å². The molecule has 1 atom stereocenters. The van der Waals surface area contributed by atoms with E-state index in [1.165, 1.54) is 0 Å². The summed E-state index contributed by atoms with van der Waals surface area (Å²) in [6.45, 7) is -2.04. The fourth-order valence-corrected chi connectivity index (χ4v) is 0.524. The van der Waals surface area contributed by atoms with Crippen molar-refractivity contribution in [3.05, 3.63) is 0 Å². The van der Waals surface area contributed by atoms with Gasteiger partial charge in [0, 0.05) is 0 Å². The van der Waals surface area contributed by atoms with E-state index in [-0.39, 0.29) is 25.9 Å². The molecule has 0 saturated heterocycles. The summed E-state index contributed by atoms with van der Waals surface area (Å²) in [4.78, 5) is 7.92. The summed E-state index contributed by atoms with van der Waals surface area (Å²) in [5.74, 6) is 0. The number of rotatable bonds is 3. The minimum Gasteiger partial charge on any atom is -1.00 e. The van der Waals surface area contributed by atoms with E-state index >= 15 is 0 Å². The van der Waals surface area contributed by atoms with Gasteiger partial charge in [0.15, 0.2) is 6.61 Å². The van der Waals surface area contributed by atoms with Crippen LogP contribution in [0.15, 0.2) is 0 Å². The number of hydrogen-bond acceptors (Lipinski definition) is 3. The molecule has 0 bridgehead atoms. The minimum absolute atomic E-state index is 0. The number of phosphoric acid groups is 1. The van der Waals surface area contributed by atoms with Gasteiger partial charge in [0.25, 0.3) is 0 Å². The maximum atomic E-state index is 11.2. The number of phosphoric ester groups is 1. The molecule has 1 unspecified atom stereocenters. The largest absolute Gasteiger partial charge is 2.00 e. The fourth-order valence-electron chi connectivity index (χ4n) is 0.175. The Morgan fingerprint density at radius 3 is 2.17 bits per heavy atom. The molecule has 0 aromatic rings. The topological polar surface area (TPSA) is 55.8 Å². The molecule has 0 aromatic heterocycles. The molecule has 0 aliphatic rings. The van der Waals surface area contributed by atoms with Crippen LogP contribution in [0.4, 0.5) is 17.7 Å². The Labute approximate surface area is 83.5 Å². The van der Waals surface area contributed by atoms with Gasteiger partial charge in [0.2, 0.25) is 0 Å². The molecule has 0 aliphatic carbocycles. The molecule has 1 N–H and O–H groups in total. The van der Waals surface area contributed by atoms with E-state index < -0.39 is 20.6 Å². The summed E-state index contributed by atoms with van der Waals surface area (Å²) >= 11 is 0. The third-order valence-electron chi connectivity index (χ3n) is 0.479. The van der Waals surface area contributed by atoms with E-state index in [1.807, 2.05) is 0 Å². The van der Waals surface area contributed by atoms with Gasteiger partial charge in [-0.05, 0) is 4.53 Å². The molecule has 12 heavy (non-hydrogen) atoms. The van der Waals surface area contributed by atoms with Gasteiger partial charge in [-0.1, -0.05) is 4.73 Å². The zero-order chi connectivity index (χ0) is 9.12. The molecular formula is C2H5F4MgO4P. The molecule has 4 nitrogen and oxygen atoms in total. The van der Waals surface area contributed by atoms with Gasteiger partial charge in [-0.3, -0.25) is 4.52 Å². The third-order valence-corrected chi connectivity index (χ3v) is 1.11. The van der Waals surface area contributed by atoms with Crippen LogP contribution < -0.4 is 0 Å². The van der Waals surface area contributed by atoms with Gasteiger partial charge in [-0.15, -0.1) is 0 Å². The average molecular weight is 224 g/mol. The number of hydrogen-bond donors (Lipinski definition) is 1. The molecular weight excluding hydrogens is 219 g/mol. The first-order valence-electron chi connectivity index (χ1n) is 2.11. The van der Waals surface area contributed by atoms with Crippen molar-refractivity contribution in [3.63, 3.8) is 0 Å².